The van der Waals surface area contributed by atoms with Gasteiger partial charge in [0.1, 0.15) is 5.84 Å². The summed E-state index contributed by atoms with van der Waals surface area (Å²) in [7, 11) is 0. The molecule has 3 N–H and O–H groups in total. The molecule has 0 bridgehead atoms. The van der Waals surface area contributed by atoms with Crippen LogP contribution in [0.5, 0.6) is 0 Å². The van der Waals surface area contributed by atoms with E-state index in [0.717, 1.165) is 6.42 Å². The minimum atomic E-state index is -0.146. The average molecular weight is 289 g/mol. The van der Waals surface area contributed by atoms with Gasteiger partial charge in [0, 0.05) is 24.9 Å². The van der Waals surface area contributed by atoms with Crippen molar-refractivity contribution in [2.24, 2.45) is 22.7 Å². The van der Waals surface area contributed by atoms with E-state index in [-0.39, 0.29) is 23.6 Å². The highest BCUT2D eigenvalue weighted by atomic mass is 16.4. The van der Waals surface area contributed by atoms with Crippen molar-refractivity contribution in [3.8, 4) is 0 Å². The van der Waals surface area contributed by atoms with E-state index >= 15 is 0 Å². The number of carbonyl (C=O) groups excluding carboxylic acids is 1. The second kappa shape index (κ2) is 6.61. The van der Waals surface area contributed by atoms with Crippen LogP contribution in [0.4, 0.5) is 0 Å². The monoisotopic (exact) mass is 289 g/mol. The zero-order valence-electron chi connectivity index (χ0n) is 12.6. The van der Waals surface area contributed by atoms with Gasteiger partial charge in [0.15, 0.2) is 0 Å². The van der Waals surface area contributed by atoms with Crippen LogP contribution < -0.4 is 5.73 Å². The van der Waals surface area contributed by atoms with Gasteiger partial charge in [-0.05, 0) is 24.8 Å². The number of hydrogen-bond donors (Lipinski definition) is 2. The molecule has 0 spiro atoms. The van der Waals surface area contributed by atoms with E-state index in [1.807, 2.05) is 32.0 Å². The number of amidine groups is 1. The second-order valence-corrected chi connectivity index (χ2v) is 5.66. The molecule has 5 nitrogen and oxygen atoms in total. The van der Waals surface area contributed by atoms with Crippen LogP contribution in [0.15, 0.2) is 35.5 Å². The van der Waals surface area contributed by atoms with Gasteiger partial charge in [0.2, 0.25) is 5.91 Å². The summed E-state index contributed by atoms with van der Waals surface area (Å²) < 4.78 is 0. The largest absolute Gasteiger partial charge is 0.409 e. The highest BCUT2D eigenvalue weighted by Gasteiger charge is 2.45. The maximum absolute atomic E-state index is 12.5. The van der Waals surface area contributed by atoms with Crippen LogP contribution in [-0.2, 0) is 4.79 Å². The standard InChI is InChI=1S/C16H23N3O2/c1-3-19(10-11(2)15(17)18-21)16(20)14-9-13(14)12-7-5-4-6-8-12/h4-8,11,13-14,21H,3,9-10H2,1-2H3,(H2,17,18). The Bertz CT molecular complexity index is 516. The molecule has 0 saturated heterocycles. The molecule has 21 heavy (non-hydrogen) atoms. The van der Waals surface area contributed by atoms with Crippen LogP contribution in [0.3, 0.4) is 0 Å². The molecule has 1 saturated carbocycles. The number of hydrogen-bond acceptors (Lipinski definition) is 3. The molecule has 1 aromatic rings. The van der Waals surface area contributed by atoms with Crippen molar-refractivity contribution in [3.63, 3.8) is 0 Å². The summed E-state index contributed by atoms with van der Waals surface area (Å²) in [5.74, 6) is 0.604. The van der Waals surface area contributed by atoms with Crippen molar-refractivity contribution in [1.29, 1.82) is 0 Å². The number of oxime groups is 1. The summed E-state index contributed by atoms with van der Waals surface area (Å²) in [5, 5.41) is 11.7. The number of amides is 1. The van der Waals surface area contributed by atoms with Gasteiger partial charge >= 0.3 is 0 Å². The van der Waals surface area contributed by atoms with Crippen LogP contribution in [0.25, 0.3) is 0 Å². The van der Waals surface area contributed by atoms with E-state index in [1.54, 1.807) is 4.90 Å². The third-order valence-corrected chi connectivity index (χ3v) is 4.14. The molecule has 1 aliphatic rings. The topological polar surface area (TPSA) is 78.9 Å². The lowest BCUT2D eigenvalue weighted by Gasteiger charge is -2.24. The highest BCUT2D eigenvalue weighted by molar-refractivity contribution is 5.85. The fourth-order valence-corrected chi connectivity index (χ4v) is 2.67. The third kappa shape index (κ3) is 3.54. The Morgan fingerprint density at radius 3 is 2.71 bits per heavy atom. The maximum atomic E-state index is 12.5. The molecule has 1 fully saturated rings. The van der Waals surface area contributed by atoms with Crippen LogP contribution >= 0.6 is 0 Å². The first-order valence-electron chi connectivity index (χ1n) is 7.39. The van der Waals surface area contributed by atoms with E-state index in [0.29, 0.717) is 19.0 Å². The SMILES string of the molecule is CCN(CC(C)/C(N)=N/O)C(=O)C1CC1c1ccccc1. The average Bonchev–Trinajstić information content (AvgIpc) is 3.32. The van der Waals surface area contributed by atoms with E-state index < -0.39 is 0 Å². The molecular weight excluding hydrogens is 266 g/mol. The lowest BCUT2D eigenvalue weighted by Crippen LogP contribution is -2.39. The van der Waals surface area contributed by atoms with E-state index in [4.69, 9.17) is 10.9 Å². The lowest BCUT2D eigenvalue weighted by molar-refractivity contribution is -0.132. The molecule has 0 aromatic heterocycles. The first-order valence-corrected chi connectivity index (χ1v) is 7.39. The van der Waals surface area contributed by atoms with Gasteiger partial charge in [-0.25, -0.2) is 0 Å². The number of nitrogens with two attached hydrogens (primary N) is 1. The Balaban J connectivity index is 1.96. The van der Waals surface area contributed by atoms with Crippen molar-refractivity contribution in [2.75, 3.05) is 13.1 Å². The van der Waals surface area contributed by atoms with Gasteiger partial charge < -0.3 is 15.8 Å². The molecule has 2 rings (SSSR count). The predicted octanol–water partition coefficient (Wildman–Crippen LogP) is 2.02. The van der Waals surface area contributed by atoms with Gasteiger partial charge in [-0.2, -0.15) is 0 Å². The predicted molar refractivity (Wildman–Crippen MR) is 82.1 cm³/mol. The molecule has 1 aliphatic carbocycles. The van der Waals surface area contributed by atoms with Gasteiger partial charge in [0.05, 0.1) is 0 Å². The number of carbonyl (C=O) groups is 1. The zero-order valence-corrected chi connectivity index (χ0v) is 12.6. The Hall–Kier alpha value is -2.04. The quantitative estimate of drug-likeness (QED) is 0.364. The van der Waals surface area contributed by atoms with Gasteiger partial charge in [-0.15, -0.1) is 0 Å². The van der Waals surface area contributed by atoms with Crippen LogP contribution in [0, 0.1) is 11.8 Å². The molecule has 3 unspecified atom stereocenters. The fourth-order valence-electron chi connectivity index (χ4n) is 2.67. The molecule has 1 amide bonds. The minimum Gasteiger partial charge on any atom is -0.409 e. The fraction of sp³-hybridized carbons (Fsp3) is 0.500. The summed E-state index contributed by atoms with van der Waals surface area (Å²) >= 11 is 0. The molecule has 0 heterocycles. The van der Waals surface area contributed by atoms with Gasteiger partial charge in [-0.3, -0.25) is 4.79 Å². The van der Waals surface area contributed by atoms with Crippen LogP contribution in [0.2, 0.25) is 0 Å². The normalized spacial score (nSPS) is 22.7. The molecule has 5 heteroatoms. The Morgan fingerprint density at radius 1 is 1.48 bits per heavy atom. The van der Waals surface area contributed by atoms with E-state index in [2.05, 4.69) is 17.3 Å². The Morgan fingerprint density at radius 2 is 2.14 bits per heavy atom. The molecule has 3 atom stereocenters. The summed E-state index contributed by atoms with van der Waals surface area (Å²) in [6.45, 7) is 4.94. The number of nitrogens with zero attached hydrogens (tertiary/aromatic N) is 2. The van der Waals surface area contributed by atoms with Crippen LogP contribution in [-0.4, -0.2) is 34.9 Å². The smallest absolute Gasteiger partial charge is 0.226 e. The van der Waals surface area contributed by atoms with Gasteiger partial charge in [-0.1, -0.05) is 42.4 Å². The number of benzene rings is 1. The highest BCUT2D eigenvalue weighted by Crippen LogP contribution is 2.48. The molecule has 0 radical (unpaired) electrons. The zero-order chi connectivity index (χ0) is 15.4. The minimum absolute atomic E-state index is 0.0758. The first-order chi connectivity index (χ1) is 10.1. The Kier molecular flexibility index (Phi) is 4.83. The van der Waals surface area contributed by atoms with Crippen molar-refractivity contribution in [2.45, 2.75) is 26.2 Å². The second-order valence-electron chi connectivity index (χ2n) is 5.66. The van der Waals surface area contributed by atoms with Crippen LogP contribution in [0.1, 0.15) is 31.7 Å². The molecule has 0 aliphatic heterocycles. The van der Waals surface area contributed by atoms with Crippen molar-refractivity contribution < 1.29 is 10.0 Å². The number of rotatable bonds is 6. The Labute approximate surface area is 125 Å². The van der Waals surface area contributed by atoms with E-state index in [9.17, 15) is 4.79 Å². The summed E-state index contributed by atoms with van der Waals surface area (Å²) in [6.07, 6.45) is 0.914. The molecule has 1 aromatic carbocycles. The van der Waals surface area contributed by atoms with Crippen molar-refractivity contribution >= 4 is 11.7 Å². The van der Waals surface area contributed by atoms with Crippen molar-refractivity contribution in [1.82, 2.24) is 4.90 Å². The van der Waals surface area contributed by atoms with E-state index in [1.165, 1.54) is 5.56 Å². The lowest BCUT2D eigenvalue weighted by atomic mass is 10.1. The summed E-state index contributed by atoms with van der Waals surface area (Å²) in [4.78, 5) is 14.4. The summed E-state index contributed by atoms with van der Waals surface area (Å²) in [6, 6.07) is 10.2. The van der Waals surface area contributed by atoms with Crippen molar-refractivity contribution in [3.05, 3.63) is 35.9 Å². The summed E-state index contributed by atoms with van der Waals surface area (Å²) in [5.41, 5.74) is 6.82. The molecule has 114 valence electrons. The first kappa shape index (κ1) is 15.4. The van der Waals surface area contributed by atoms with Gasteiger partial charge in [0.25, 0.3) is 0 Å². The maximum Gasteiger partial charge on any atom is 0.226 e. The molecular formula is C16H23N3O2. The third-order valence-electron chi connectivity index (χ3n) is 4.14.